The van der Waals surface area contributed by atoms with Crippen molar-refractivity contribution in [3.8, 4) is 5.75 Å². The maximum Gasteiger partial charge on any atom is 0.407 e. The van der Waals surface area contributed by atoms with E-state index in [2.05, 4.69) is 4.98 Å². The van der Waals surface area contributed by atoms with E-state index < -0.39 is 12.2 Å². The molecule has 3 nitrogen and oxygen atoms in total. The van der Waals surface area contributed by atoms with Gasteiger partial charge in [-0.25, -0.2) is 0 Å². The number of hydrogen-bond acceptors (Lipinski definition) is 3. The van der Waals surface area contributed by atoms with E-state index in [0.717, 1.165) is 6.20 Å². The summed E-state index contributed by atoms with van der Waals surface area (Å²) < 4.78 is 41.3. The standard InChI is InChI=1S/C8H9F3N2O/c1-14-6-2-5(3-13-4-6)7(12)8(9,10)11/h2-4,7H,12H2,1H3/t7-/m1/s1. The molecule has 0 bridgehead atoms. The van der Waals surface area contributed by atoms with E-state index >= 15 is 0 Å². The van der Waals surface area contributed by atoms with Gasteiger partial charge in [-0.05, 0) is 11.6 Å². The molecule has 0 amide bonds. The van der Waals surface area contributed by atoms with Crippen LogP contribution in [0.1, 0.15) is 11.6 Å². The summed E-state index contributed by atoms with van der Waals surface area (Å²) in [6.45, 7) is 0. The molecular weight excluding hydrogens is 197 g/mol. The lowest BCUT2D eigenvalue weighted by Crippen LogP contribution is -2.28. The third-order valence-corrected chi connectivity index (χ3v) is 1.68. The Morgan fingerprint density at radius 1 is 1.43 bits per heavy atom. The molecule has 78 valence electrons. The highest BCUT2D eigenvalue weighted by atomic mass is 19.4. The molecule has 0 aliphatic heterocycles. The second kappa shape index (κ2) is 3.83. The van der Waals surface area contributed by atoms with E-state index in [1.165, 1.54) is 19.4 Å². The Kier molecular flexibility index (Phi) is 2.95. The van der Waals surface area contributed by atoms with Crippen molar-refractivity contribution >= 4 is 0 Å². The van der Waals surface area contributed by atoms with Crippen LogP contribution in [0.2, 0.25) is 0 Å². The molecule has 1 aromatic rings. The number of halogens is 3. The highest BCUT2D eigenvalue weighted by molar-refractivity contribution is 5.26. The largest absolute Gasteiger partial charge is 0.495 e. The molecule has 0 unspecified atom stereocenters. The number of hydrogen-bond donors (Lipinski definition) is 1. The molecule has 0 saturated heterocycles. The van der Waals surface area contributed by atoms with Gasteiger partial charge < -0.3 is 10.5 Å². The van der Waals surface area contributed by atoms with Crippen molar-refractivity contribution < 1.29 is 17.9 Å². The Balaban J connectivity index is 2.95. The van der Waals surface area contributed by atoms with Gasteiger partial charge in [-0.15, -0.1) is 0 Å². The van der Waals surface area contributed by atoms with Crippen molar-refractivity contribution in [2.24, 2.45) is 5.73 Å². The minimum atomic E-state index is -4.46. The van der Waals surface area contributed by atoms with Crippen LogP contribution in [0, 0.1) is 0 Å². The second-order valence-corrected chi connectivity index (χ2v) is 2.68. The molecule has 1 heterocycles. The first kappa shape index (κ1) is 10.8. The maximum absolute atomic E-state index is 12.2. The Morgan fingerprint density at radius 2 is 2.07 bits per heavy atom. The highest BCUT2D eigenvalue weighted by Gasteiger charge is 2.38. The van der Waals surface area contributed by atoms with Gasteiger partial charge in [-0.3, -0.25) is 4.98 Å². The van der Waals surface area contributed by atoms with E-state index in [9.17, 15) is 13.2 Å². The van der Waals surface area contributed by atoms with E-state index in [4.69, 9.17) is 10.5 Å². The topological polar surface area (TPSA) is 48.1 Å². The maximum atomic E-state index is 12.2. The van der Waals surface area contributed by atoms with Crippen LogP contribution in [0.25, 0.3) is 0 Å². The fraction of sp³-hybridized carbons (Fsp3) is 0.375. The van der Waals surface area contributed by atoms with E-state index in [0.29, 0.717) is 0 Å². The van der Waals surface area contributed by atoms with Crippen molar-refractivity contribution in [2.75, 3.05) is 7.11 Å². The Morgan fingerprint density at radius 3 is 2.57 bits per heavy atom. The van der Waals surface area contributed by atoms with Crippen molar-refractivity contribution in [1.82, 2.24) is 4.98 Å². The van der Waals surface area contributed by atoms with E-state index in [1.54, 1.807) is 0 Å². The van der Waals surface area contributed by atoms with Crippen LogP contribution >= 0.6 is 0 Å². The van der Waals surface area contributed by atoms with Crippen molar-refractivity contribution in [3.05, 3.63) is 24.0 Å². The SMILES string of the molecule is COc1cncc([C@@H](N)C(F)(F)F)c1. The summed E-state index contributed by atoms with van der Waals surface area (Å²) in [5, 5.41) is 0. The summed E-state index contributed by atoms with van der Waals surface area (Å²) in [6.07, 6.45) is -2.08. The highest BCUT2D eigenvalue weighted by Crippen LogP contribution is 2.31. The summed E-state index contributed by atoms with van der Waals surface area (Å²) in [7, 11) is 1.35. The summed E-state index contributed by atoms with van der Waals surface area (Å²) in [4.78, 5) is 3.59. The molecular formula is C8H9F3N2O. The molecule has 0 spiro atoms. The third kappa shape index (κ3) is 2.35. The molecule has 1 atom stereocenters. The van der Waals surface area contributed by atoms with Crippen molar-refractivity contribution in [2.45, 2.75) is 12.2 Å². The Labute approximate surface area is 78.7 Å². The lowest BCUT2D eigenvalue weighted by Gasteiger charge is -2.15. The van der Waals surface area contributed by atoms with E-state index in [1.807, 2.05) is 0 Å². The molecule has 0 radical (unpaired) electrons. The molecule has 1 aromatic heterocycles. The fourth-order valence-electron chi connectivity index (χ4n) is 0.906. The number of methoxy groups -OCH3 is 1. The minimum Gasteiger partial charge on any atom is -0.495 e. The zero-order valence-electron chi connectivity index (χ0n) is 7.38. The molecule has 2 N–H and O–H groups in total. The number of ether oxygens (including phenoxy) is 1. The summed E-state index contributed by atoms with van der Waals surface area (Å²) >= 11 is 0. The number of nitrogens with two attached hydrogens (primary N) is 1. The van der Waals surface area contributed by atoms with Gasteiger partial charge in [0.25, 0.3) is 0 Å². The van der Waals surface area contributed by atoms with E-state index in [-0.39, 0.29) is 11.3 Å². The molecule has 14 heavy (non-hydrogen) atoms. The Bertz CT molecular complexity index is 314. The number of pyridine rings is 1. The van der Waals surface area contributed by atoms with Gasteiger partial charge >= 0.3 is 6.18 Å². The van der Waals surface area contributed by atoms with Gasteiger partial charge in [0.05, 0.1) is 13.3 Å². The summed E-state index contributed by atoms with van der Waals surface area (Å²) in [5.41, 5.74) is 4.86. The molecule has 0 aliphatic carbocycles. The van der Waals surface area contributed by atoms with Gasteiger partial charge in [0.1, 0.15) is 11.8 Å². The average molecular weight is 206 g/mol. The predicted octanol–water partition coefficient (Wildman–Crippen LogP) is 1.65. The predicted molar refractivity (Wildman–Crippen MR) is 43.8 cm³/mol. The van der Waals surface area contributed by atoms with Gasteiger partial charge in [-0.1, -0.05) is 0 Å². The van der Waals surface area contributed by atoms with Crippen LogP contribution in [0.4, 0.5) is 13.2 Å². The first-order valence-electron chi connectivity index (χ1n) is 3.76. The van der Waals surface area contributed by atoms with Gasteiger partial charge in [0.2, 0.25) is 0 Å². The number of aromatic nitrogens is 1. The molecule has 0 fully saturated rings. The zero-order chi connectivity index (χ0) is 10.8. The van der Waals surface area contributed by atoms with Crippen LogP contribution < -0.4 is 10.5 Å². The van der Waals surface area contributed by atoms with Crippen LogP contribution in [-0.4, -0.2) is 18.3 Å². The number of alkyl halides is 3. The lowest BCUT2D eigenvalue weighted by molar-refractivity contribution is -0.149. The molecule has 0 aromatic carbocycles. The molecule has 1 rings (SSSR count). The molecule has 0 saturated carbocycles. The first-order chi connectivity index (χ1) is 6.45. The Hall–Kier alpha value is -1.30. The first-order valence-corrected chi connectivity index (χ1v) is 3.76. The second-order valence-electron chi connectivity index (χ2n) is 2.68. The quantitative estimate of drug-likeness (QED) is 0.800. The fourth-order valence-corrected chi connectivity index (χ4v) is 0.906. The number of nitrogens with zero attached hydrogens (tertiary/aromatic N) is 1. The van der Waals surface area contributed by atoms with Crippen LogP contribution in [0.3, 0.4) is 0 Å². The summed E-state index contributed by atoms with van der Waals surface area (Å²) in [6, 6.07) is -0.810. The van der Waals surface area contributed by atoms with Crippen molar-refractivity contribution in [1.29, 1.82) is 0 Å². The normalized spacial score (nSPS) is 13.8. The molecule has 6 heteroatoms. The minimum absolute atomic E-state index is 0.114. The third-order valence-electron chi connectivity index (χ3n) is 1.68. The van der Waals surface area contributed by atoms with Gasteiger partial charge in [0, 0.05) is 6.20 Å². The van der Waals surface area contributed by atoms with Crippen LogP contribution in [0.15, 0.2) is 18.5 Å². The van der Waals surface area contributed by atoms with Gasteiger partial charge in [0.15, 0.2) is 0 Å². The monoisotopic (exact) mass is 206 g/mol. The van der Waals surface area contributed by atoms with Crippen LogP contribution in [-0.2, 0) is 0 Å². The van der Waals surface area contributed by atoms with Crippen LogP contribution in [0.5, 0.6) is 5.75 Å². The average Bonchev–Trinajstić information content (AvgIpc) is 2.15. The van der Waals surface area contributed by atoms with Gasteiger partial charge in [-0.2, -0.15) is 13.2 Å². The zero-order valence-corrected chi connectivity index (χ0v) is 7.38. The number of rotatable bonds is 2. The summed E-state index contributed by atoms with van der Waals surface area (Å²) in [5.74, 6) is 0.252. The van der Waals surface area contributed by atoms with Crippen molar-refractivity contribution in [3.63, 3.8) is 0 Å². The molecule has 0 aliphatic rings. The smallest absolute Gasteiger partial charge is 0.407 e. The lowest BCUT2D eigenvalue weighted by atomic mass is 10.1.